The normalized spacial score (nSPS) is 15.0. The van der Waals surface area contributed by atoms with E-state index in [9.17, 15) is 0 Å². The maximum atomic E-state index is 15.3. The number of hydrogen-bond acceptors (Lipinski definition) is 5. The van der Waals surface area contributed by atoms with Gasteiger partial charge < -0.3 is 14.5 Å². The number of anilines is 1. The number of methoxy groups -OCH3 is 1. The Balaban J connectivity index is 1.55. The summed E-state index contributed by atoms with van der Waals surface area (Å²) in [5.74, 6) is 1.21. The summed E-state index contributed by atoms with van der Waals surface area (Å²) in [7, 11) is -0.313. The van der Waals surface area contributed by atoms with Gasteiger partial charge in [-0.3, -0.25) is 0 Å². The number of benzene rings is 2. The number of nitrogens with zero attached hydrogens (tertiary/aromatic N) is 1. The van der Waals surface area contributed by atoms with Gasteiger partial charge in [0.1, 0.15) is 11.6 Å². The number of nitrogens with one attached hydrogen (secondary N) is 1. The molecule has 0 radical (unpaired) electrons. The lowest BCUT2D eigenvalue weighted by Gasteiger charge is -2.36. The standard InChI is InChI=1S/C30H40ClFN2O2SSi/c1-18-13-23(24(31)16-27(18)35-6)28-19(2)37-29(34-28)33-26(14-20-9-10-20)21-11-12-22(25(32)15-21)17-36-38(7,8)30(3,4)5/h11-13,15-16,20,26H,9-10,14,17H2,1-8H3,(H,33,34). The van der Waals surface area contributed by atoms with Gasteiger partial charge in [-0.25, -0.2) is 9.37 Å². The van der Waals surface area contributed by atoms with Crippen molar-refractivity contribution in [2.45, 2.75) is 84.7 Å². The van der Waals surface area contributed by atoms with Gasteiger partial charge in [-0.05, 0) is 73.6 Å². The Kier molecular flexibility index (Phi) is 8.63. The van der Waals surface area contributed by atoms with E-state index in [0.717, 1.165) is 44.6 Å². The van der Waals surface area contributed by atoms with E-state index in [-0.39, 0.29) is 16.9 Å². The Morgan fingerprint density at radius 1 is 1.18 bits per heavy atom. The summed E-state index contributed by atoms with van der Waals surface area (Å²) in [6.07, 6.45) is 3.40. The van der Waals surface area contributed by atoms with Crippen LogP contribution in [0.25, 0.3) is 11.3 Å². The molecule has 1 N–H and O–H groups in total. The van der Waals surface area contributed by atoms with E-state index >= 15 is 4.39 Å². The summed E-state index contributed by atoms with van der Waals surface area (Å²) in [5.41, 5.74) is 4.32. The van der Waals surface area contributed by atoms with Crippen molar-refractivity contribution in [3.8, 4) is 17.0 Å². The third-order valence-electron chi connectivity index (χ3n) is 7.97. The third kappa shape index (κ3) is 6.61. The molecule has 1 aliphatic carbocycles. The number of rotatable bonds is 10. The maximum absolute atomic E-state index is 15.3. The summed E-state index contributed by atoms with van der Waals surface area (Å²) in [6.45, 7) is 15.3. The van der Waals surface area contributed by atoms with Crippen molar-refractivity contribution < 1.29 is 13.6 Å². The van der Waals surface area contributed by atoms with Crippen molar-refractivity contribution in [3.05, 3.63) is 62.7 Å². The highest BCUT2D eigenvalue weighted by atomic mass is 35.5. The van der Waals surface area contributed by atoms with Gasteiger partial charge in [0.25, 0.3) is 0 Å². The van der Waals surface area contributed by atoms with Gasteiger partial charge in [0.2, 0.25) is 0 Å². The van der Waals surface area contributed by atoms with Crippen molar-refractivity contribution >= 4 is 36.4 Å². The average Bonchev–Trinajstić information content (AvgIpc) is 3.58. The first kappa shape index (κ1) is 29.1. The van der Waals surface area contributed by atoms with Crippen LogP contribution in [0.15, 0.2) is 30.3 Å². The second-order valence-electron chi connectivity index (χ2n) is 12.0. The SMILES string of the molecule is COc1cc(Cl)c(-c2nc(NC(CC3CC3)c3ccc(CO[Si](C)(C)C(C)(C)C)c(F)c3)sc2C)cc1C. The number of ether oxygens (including phenoxy) is 1. The zero-order valence-electron chi connectivity index (χ0n) is 23.8. The first-order valence-electron chi connectivity index (χ1n) is 13.3. The average molecular weight is 575 g/mol. The number of halogens is 2. The number of aromatic nitrogens is 1. The van der Waals surface area contributed by atoms with Gasteiger partial charge in [0.15, 0.2) is 13.4 Å². The molecule has 3 aromatic rings. The van der Waals surface area contributed by atoms with Gasteiger partial charge in [-0.2, -0.15) is 0 Å². The highest BCUT2D eigenvalue weighted by molar-refractivity contribution is 7.16. The highest BCUT2D eigenvalue weighted by Crippen LogP contribution is 2.42. The Labute approximate surface area is 237 Å². The van der Waals surface area contributed by atoms with E-state index in [0.29, 0.717) is 23.1 Å². The van der Waals surface area contributed by atoms with E-state index in [2.05, 4.69) is 46.1 Å². The molecule has 206 valence electrons. The van der Waals surface area contributed by atoms with Gasteiger partial charge in [0, 0.05) is 16.0 Å². The lowest BCUT2D eigenvalue weighted by molar-refractivity contribution is 0.271. The van der Waals surface area contributed by atoms with Crippen LogP contribution in [0.2, 0.25) is 23.2 Å². The van der Waals surface area contributed by atoms with Crippen LogP contribution in [0.5, 0.6) is 5.75 Å². The first-order valence-corrected chi connectivity index (χ1v) is 17.4. The zero-order valence-corrected chi connectivity index (χ0v) is 26.4. The molecule has 8 heteroatoms. The molecule has 2 aromatic carbocycles. The van der Waals surface area contributed by atoms with Crippen LogP contribution in [0.4, 0.5) is 9.52 Å². The van der Waals surface area contributed by atoms with Crippen molar-refractivity contribution in [1.82, 2.24) is 4.98 Å². The zero-order chi connectivity index (χ0) is 27.8. The Bertz CT molecular complexity index is 1300. The maximum Gasteiger partial charge on any atom is 0.192 e. The van der Waals surface area contributed by atoms with E-state index in [4.69, 9.17) is 25.7 Å². The number of hydrogen-bond donors (Lipinski definition) is 1. The third-order valence-corrected chi connectivity index (χ3v) is 13.7. The molecule has 1 saturated carbocycles. The van der Waals surface area contributed by atoms with Crippen LogP contribution in [-0.2, 0) is 11.0 Å². The predicted octanol–water partition coefficient (Wildman–Crippen LogP) is 9.70. The molecule has 0 amide bonds. The molecule has 1 aromatic heterocycles. The first-order chi connectivity index (χ1) is 17.8. The molecular formula is C30H40ClFN2O2SSi. The molecule has 1 atom stereocenters. The Morgan fingerprint density at radius 2 is 1.89 bits per heavy atom. The predicted molar refractivity (Wildman–Crippen MR) is 161 cm³/mol. The van der Waals surface area contributed by atoms with Crippen molar-refractivity contribution in [3.63, 3.8) is 0 Å². The Morgan fingerprint density at radius 3 is 2.50 bits per heavy atom. The monoisotopic (exact) mass is 574 g/mol. The fraction of sp³-hybridized carbons (Fsp3) is 0.500. The summed E-state index contributed by atoms with van der Waals surface area (Å²) < 4.78 is 27.0. The van der Waals surface area contributed by atoms with E-state index in [1.54, 1.807) is 24.5 Å². The molecule has 4 nitrogen and oxygen atoms in total. The molecular weight excluding hydrogens is 535 g/mol. The molecule has 0 saturated heterocycles. The number of aryl methyl sites for hydroxylation is 2. The topological polar surface area (TPSA) is 43.4 Å². The fourth-order valence-electron chi connectivity index (χ4n) is 4.26. The molecule has 1 aliphatic rings. The van der Waals surface area contributed by atoms with Crippen molar-refractivity contribution in [1.29, 1.82) is 0 Å². The minimum atomic E-state index is -1.96. The molecule has 38 heavy (non-hydrogen) atoms. The largest absolute Gasteiger partial charge is 0.496 e. The molecule has 0 aliphatic heterocycles. The quantitative estimate of drug-likeness (QED) is 0.245. The van der Waals surface area contributed by atoms with Gasteiger partial charge >= 0.3 is 0 Å². The lowest BCUT2D eigenvalue weighted by atomic mass is 9.99. The molecule has 4 rings (SSSR count). The molecule has 1 unspecified atom stereocenters. The second-order valence-corrected chi connectivity index (χ2v) is 18.4. The van der Waals surface area contributed by atoms with Crippen LogP contribution in [-0.4, -0.2) is 20.4 Å². The van der Waals surface area contributed by atoms with Gasteiger partial charge in [-0.1, -0.05) is 57.3 Å². The molecule has 1 heterocycles. The molecule has 1 fully saturated rings. The highest BCUT2D eigenvalue weighted by Gasteiger charge is 2.37. The molecule has 0 bridgehead atoms. The van der Waals surface area contributed by atoms with Crippen LogP contribution in [0, 0.1) is 25.6 Å². The van der Waals surface area contributed by atoms with E-state index < -0.39 is 8.32 Å². The second kappa shape index (κ2) is 11.3. The van der Waals surface area contributed by atoms with Crippen LogP contribution in [0.3, 0.4) is 0 Å². The minimum Gasteiger partial charge on any atom is -0.496 e. The van der Waals surface area contributed by atoms with Crippen molar-refractivity contribution in [2.75, 3.05) is 12.4 Å². The van der Waals surface area contributed by atoms with Crippen molar-refractivity contribution in [2.24, 2.45) is 5.92 Å². The summed E-state index contributed by atoms with van der Waals surface area (Å²) in [5, 5.41) is 5.14. The lowest BCUT2D eigenvalue weighted by Crippen LogP contribution is -2.40. The fourth-order valence-corrected chi connectivity index (χ4v) is 6.33. The summed E-state index contributed by atoms with van der Waals surface area (Å²) >= 11 is 8.20. The number of thiazole rings is 1. The van der Waals surface area contributed by atoms with Gasteiger partial charge in [-0.15, -0.1) is 11.3 Å². The summed E-state index contributed by atoms with van der Waals surface area (Å²) in [6, 6.07) is 9.45. The van der Waals surface area contributed by atoms with Gasteiger partial charge in [0.05, 0.1) is 30.5 Å². The van der Waals surface area contributed by atoms with Crippen LogP contribution in [0.1, 0.15) is 67.6 Å². The van der Waals surface area contributed by atoms with Crippen LogP contribution >= 0.6 is 22.9 Å². The molecule has 0 spiro atoms. The van der Waals surface area contributed by atoms with E-state index in [1.165, 1.54) is 12.8 Å². The smallest absolute Gasteiger partial charge is 0.192 e. The van der Waals surface area contributed by atoms with Crippen LogP contribution < -0.4 is 10.1 Å². The summed E-state index contributed by atoms with van der Waals surface area (Å²) in [4.78, 5) is 6.00. The van der Waals surface area contributed by atoms with E-state index in [1.807, 2.05) is 31.2 Å². The minimum absolute atomic E-state index is 0.0150. The Hall–Kier alpha value is -1.93.